The molecule has 138 valence electrons. The molecular formula is C16H15F2N3O4S. The molecule has 0 spiro atoms. The van der Waals surface area contributed by atoms with Crippen molar-refractivity contribution in [3.63, 3.8) is 0 Å². The third kappa shape index (κ3) is 4.91. The normalized spacial score (nSPS) is 12.9. The minimum Gasteiger partial charge on any atom is -0.394 e. The second-order valence-electron chi connectivity index (χ2n) is 5.31. The first-order valence-electron chi connectivity index (χ1n) is 7.37. The van der Waals surface area contributed by atoms with Gasteiger partial charge < -0.3 is 20.8 Å². The van der Waals surface area contributed by atoms with Gasteiger partial charge in [0.25, 0.3) is 5.69 Å². The SMILES string of the molecule is O=[N+]([O-])c1ccc(C(O)C(CO)NC(=S)Nc2ccc(F)cc2F)cc1. The van der Waals surface area contributed by atoms with Gasteiger partial charge in [0.1, 0.15) is 17.7 Å². The van der Waals surface area contributed by atoms with Crippen LogP contribution in [0.1, 0.15) is 11.7 Å². The molecule has 4 N–H and O–H groups in total. The molecule has 0 bridgehead atoms. The van der Waals surface area contributed by atoms with Crippen LogP contribution in [0.5, 0.6) is 0 Å². The molecule has 2 aromatic rings. The van der Waals surface area contributed by atoms with Crippen molar-refractivity contribution in [2.45, 2.75) is 12.1 Å². The summed E-state index contributed by atoms with van der Waals surface area (Å²) < 4.78 is 26.5. The van der Waals surface area contributed by atoms with Gasteiger partial charge >= 0.3 is 0 Å². The summed E-state index contributed by atoms with van der Waals surface area (Å²) in [5.41, 5.74) is 0.0989. The number of rotatable bonds is 6. The molecule has 7 nitrogen and oxygen atoms in total. The van der Waals surface area contributed by atoms with E-state index in [1.807, 2.05) is 0 Å². The molecule has 0 aliphatic carbocycles. The van der Waals surface area contributed by atoms with E-state index in [2.05, 4.69) is 10.6 Å². The van der Waals surface area contributed by atoms with Gasteiger partial charge in [-0.15, -0.1) is 0 Å². The number of benzene rings is 2. The lowest BCUT2D eigenvalue weighted by Gasteiger charge is -2.24. The highest BCUT2D eigenvalue weighted by atomic mass is 32.1. The lowest BCUT2D eigenvalue weighted by molar-refractivity contribution is -0.384. The highest BCUT2D eigenvalue weighted by Crippen LogP contribution is 2.21. The van der Waals surface area contributed by atoms with Gasteiger partial charge in [0, 0.05) is 18.2 Å². The highest BCUT2D eigenvalue weighted by Gasteiger charge is 2.22. The molecule has 0 aliphatic heterocycles. The van der Waals surface area contributed by atoms with Crippen molar-refractivity contribution in [2.75, 3.05) is 11.9 Å². The Morgan fingerprint density at radius 3 is 2.42 bits per heavy atom. The lowest BCUT2D eigenvalue weighted by Crippen LogP contribution is -2.44. The fourth-order valence-corrected chi connectivity index (χ4v) is 2.43. The van der Waals surface area contributed by atoms with Gasteiger partial charge in [-0.2, -0.15) is 0 Å². The van der Waals surface area contributed by atoms with Crippen LogP contribution in [-0.4, -0.2) is 32.9 Å². The number of hydrogen-bond donors (Lipinski definition) is 4. The number of aliphatic hydroxyl groups excluding tert-OH is 2. The zero-order valence-corrected chi connectivity index (χ0v) is 14.0. The minimum absolute atomic E-state index is 0.0783. The number of anilines is 1. The first-order valence-corrected chi connectivity index (χ1v) is 7.78. The molecule has 0 radical (unpaired) electrons. The fourth-order valence-electron chi connectivity index (χ4n) is 2.17. The predicted molar refractivity (Wildman–Crippen MR) is 94.6 cm³/mol. The predicted octanol–water partition coefficient (Wildman–Crippen LogP) is 2.25. The highest BCUT2D eigenvalue weighted by molar-refractivity contribution is 7.80. The smallest absolute Gasteiger partial charge is 0.269 e. The number of nitrogens with zero attached hydrogens (tertiary/aromatic N) is 1. The monoisotopic (exact) mass is 383 g/mol. The molecule has 10 heteroatoms. The van der Waals surface area contributed by atoms with Gasteiger partial charge in [-0.3, -0.25) is 10.1 Å². The fraction of sp³-hybridized carbons (Fsp3) is 0.188. The average molecular weight is 383 g/mol. The van der Waals surface area contributed by atoms with E-state index in [0.29, 0.717) is 11.6 Å². The van der Waals surface area contributed by atoms with Gasteiger partial charge in [-0.25, -0.2) is 8.78 Å². The van der Waals surface area contributed by atoms with E-state index in [4.69, 9.17) is 12.2 Å². The topological polar surface area (TPSA) is 108 Å². The molecule has 2 atom stereocenters. The van der Waals surface area contributed by atoms with E-state index in [1.54, 1.807) is 0 Å². The Morgan fingerprint density at radius 2 is 1.88 bits per heavy atom. The Bertz CT molecular complexity index is 805. The standard InChI is InChI=1S/C16H15F2N3O4S/c17-10-3-6-13(12(18)7-10)19-16(26)20-14(8-22)15(23)9-1-4-11(5-2-9)21(24)25/h1-7,14-15,22-23H,8H2,(H2,19,20,26). The molecular weight excluding hydrogens is 368 g/mol. The maximum Gasteiger partial charge on any atom is 0.269 e. The molecule has 0 amide bonds. The van der Waals surface area contributed by atoms with Crippen LogP contribution in [0.2, 0.25) is 0 Å². The molecule has 26 heavy (non-hydrogen) atoms. The van der Waals surface area contributed by atoms with Gasteiger partial charge in [-0.1, -0.05) is 0 Å². The summed E-state index contributed by atoms with van der Waals surface area (Å²) in [7, 11) is 0. The third-order valence-corrected chi connectivity index (χ3v) is 3.74. The third-order valence-electron chi connectivity index (χ3n) is 3.52. The van der Waals surface area contributed by atoms with Crippen LogP contribution in [0.4, 0.5) is 20.2 Å². The van der Waals surface area contributed by atoms with Crippen molar-refractivity contribution >= 4 is 28.7 Å². The van der Waals surface area contributed by atoms with Crippen LogP contribution in [-0.2, 0) is 0 Å². The number of nitrogens with one attached hydrogen (secondary N) is 2. The van der Waals surface area contributed by atoms with Crippen molar-refractivity contribution in [3.05, 3.63) is 69.8 Å². The van der Waals surface area contributed by atoms with Crippen LogP contribution in [0.25, 0.3) is 0 Å². The van der Waals surface area contributed by atoms with E-state index in [0.717, 1.165) is 12.1 Å². The van der Waals surface area contributed by atoms with E-state index in [1.165, 1.54) is 24.3 Å². The zero-order chi connectivity index (χ0) is 19.3. The van der Waals surface area contributed by atoms with Crippen LogP contribution >= 0.6 is 12.2 Å². The number of aliphatic hydroxyl groups is 2. The number of hydrogen-bond acceptors (Lipinski definition) is 5. The molecule has 0 fully saturated rings. The summed E-state index contributed by atoms with van der Waals surface area (Å²) >= 11 is 5.00. The van der Waals surface area contributed by atoms with Crippen molar-refractivity contribution in [2.24, 2.45) is 0 Å². The molecule has 0 saturated carbocycles. The molecule has 0 aliphatic rings. The van der Waals surface area contributed by atoms with Crippen LogP contribution in [0.3, 0.4) is 0 Å². The number of nitro groups is 1. The maximum atomic E-state index is 13.6. The first kappa shape index (κ1) is 19.6. The molecule has 2 aromatic carbocycles. The van der Waals surface area contributed by atoms with Gasteiger partial charge in [0.2, 0.25) is 0 Å². The second kappa shape index (κ2) is 8.61. The lowest BCUT2D eigenvalue weighted by atomic mass is 10.0. The van der Waals surface area contributed by atoms with Gasteiger partial charge in [-0.05, 0) is 42.0 Å². The van der Waals surface area contributed by atoms with Crippen molar-refractivity contribution in [3.8, 4) is 0 Å². The number of thiocarbonyl (C=S) groups is 1. The summed E-state index contributed by atoms with van der Waals surface area (Å²) in [6.07, 6.45) is -1.24. The maximum absolute atomic E-state index is 13.6. The van der Waals surface area contributed by atoms with Crippen LogP contribution in [0.15, 0.2) is 42.5 Å². The minimum atomic E-state index is -1.24. The summed E-state index contributed by atoms with van der Waals surface area (Å²) in [4.78, 5) is 10.1. The van der Waals surface area contributed by atoms with E-state index >= 15 is 0 Å². The molecule has 0 aromatic heterocycles. The van der Waals surface area contributed by atoms with E-state index < -0.39 is 35.3 Å². The summed E-state index contributed by atoms with van der Waals surface area (Å²) in [6, 6.07) is 7.06. The largest absolute Gasteiger partial charge is 0.394 e. The number of halogens is 2. The van der Waals surface area contributed by atoms with Crippen molar-refractivity contribution in [1.29, 1.82) is 0 Å². The Kier molecular flexibility index (Phi) is 6.50. The number of nitro benzene ring substituents is 1. The quantitative estimate of drug-likeness (QED) is 0.344. The van der Waals surface area contributed by atoms with Crippen LogP contribution < -0.4 is 10.6 Å². The molecule has 0 heterocycles. The summed E-state index contributed by atoms with van der Waals surface area (Å²) in [5.74, 6) is -1.60. The molecule has 0 saturated heterocycles. The van der Waals surface area contributed by atoms with Gasteiger partial charge in [0.15, 0.2) is 5.11 Å². The van der Waals surface area contributed by atoms with Gasteiger partial charge in [0.05, 0.1) is 23.3 Å². The average Bonchev–Trinajstić information content (AvgIpc) is 2.61. The zero-order valence-electron chi connectivity index (χ0n) is 13.2. The van der Waals surface area contributed by atoms with E-state index in [-0.39, 0.29) is 16.5 Å². The second-order valence-corrected chi connectivity index (χ2v) is 5.71. The Hall–Kier alpha value is -2.69. The Labute approximate surface area is 152 Å². The number of non-ortho nitro benzene ring substituents is 1. The molecule has 2 rings (SSSR count). The Balaban J connectivity index is 2.05. The Morgan fingerprint density at radius 1 is 1.23 bits per heavy atom. The first-order chi connectivity index (χ1) is 12.3. The van der Waals surface area contributed by atoms with Crippen LogP contribution in [0, 0.1) is 21.7 Å². The summed E-state index contributed by atoms with van der Waals surface area (Å²) in [5, 5.41) is 35.4. The molecule has 2 unspecified atom stereocenters. The summed E-state index contributed by atoms with van der Waals surface area (Å²) in [6.45, 7) is -0.522. The van der Waals surface area contributed by atoms with Crippen molar-refractivity contribution in [1.82, 2.24) is 5.32 Å². The van der Waals surface area contributed by atoms with E-state index in [9.17, 15) is 29.1 Å². The van der Waals surface area contributed by atoms with Crippen molar-refractivity contribution < 1.29 is 23.9 Å².